The van der Waals surface area contributed by atoms with Crippen molar-refractivity contribution in [3.63, 3.8) is 0 Å². The summed E-state index contributed by atoms with van der Waals surface area (Å²) >= 11 is 0. The molecule has 0 aliphatic rings. The fourth-order valence-corrected chi connectivity index (χ4v) is 3.46. The number of imidazole rings is 1. The molecule has 1 aromatic carbocycles. The lowest BCUT2D eigenvalue weighted by Gasteiger charge is -2.19. The van der Waals surface area contributed by atoms with E-state index in [9.17, 15) is 4.39 Å². The van der Waals surface area contributed by atoms with Crippen LogP contribution in [0.3, 0.4) is 0 Å². The Morgan fingerprint density at radius 2 is 1.97 bits per heavy atom. The lowest BCUT2D eigenvalue weighted by molar-refractivity contribution is 0.629. The topological polar surface area (TPSA) is 92.3 Å². The van der Waals surface area contributed by atoms with Gasteiger partial charge in [-0.05, 0) is 31.2 Å². The minimum Gasteiger partial charge on any atom is -0.362 e. The van der Waals surface area contributed by atoms with Crippen LogP contribution in [0.15, 0.2) is 61.4 Å². The Morgan fingerprint density at radius 1 is 1.03 bits per heavy atom. The second-order valence-corrected chi connectivity index (χ2v) is 6.65. The molecule has 0 aliphatic carbocycles. The van der Waals surface area contributed by atoms with E-state index in [1.54, 1.807) is 24.8 Å². The molecule has 5 aromatic rings. The Bertz CT molecular complexity index is 1320. The van der Waals surface area contributed by atoms with Gasteiger partial charge >= 0.3 is 0 Å². The molecule has 0 bridgehead atoms. The third kappa shape index (κ3) is 3.04. The van der Waals surface area contributed by atoms with Gasteiger partial charge in [-0.15, -0.1) is 0 Å². The minimum absolute atomic E-state index is 0.163. The van der Waals surface area contributed by atoms with Gasteiger partial charge in [-0.1, -0.05) is 6.07 Å². The van der Waals surface area contributed by atoms with Crippen LogP contribution in [0.2, 0.25) is 0 Å². The SMILES string of the molecule is CC(Nc1ncnc2[nH]cnc12)c1cnc2cc(F)ccc2c1-c1ccccn1. The van der Waals surface area contributed by atoms with Crippen LogP contribution in [0.1, 0.15) is 18.5 Å². The first-order chi connectivity index (χ1) is 14.2. The summed E-state index contributed by atoms with van der Waals surface area (Å²) in [5.74, 6) is 0.299. The second kappa shape index (κ2) is 6.90. The number of anilines is 1. The Hall–Kier alpha value is -3.94. The third-order valence-electron chi connectivity index (χ3n) is 4.82. The summed E-state index contributed by atoms with van der Waals surface area (Å²) in [6, 6.07) is 10.2. The Kier molecular flexibility index (Phi) is 4.09. The van der Waals surface area contributed by atoms with Crippen molar-refractivity contribution >= 4 is 27.9 Å². The molecule has 4 heterocycles. The van der Waals surface area contributed by atoms with Gasteiger partial charge in [-0.3, -0.25) is 9.97 Å². The number of aromatic amines is 1. The van der Waals surface area contributed by atoms with E-state index in [0.29, 0.717) is 22.5 Å². The van der Waals surface area contributed by atoms with Crippen molar-refractivity contribution in [2.45, 2.75) is 13.0 Å². The van der Waals surface area contributed by atoms with Crippen LogP contribution in [0.4, 0.5) is 10.2 Å². The van der Waals surface area contributed by atoms with Gasteiger partial charge in [0.2, 0.25) is 0 Å². The van der Waals surface area contributed by atoms with Crippen LogP contribution in [-0.2, 0) is 0 Å². The van der Waals surface area contributed by atoms with Gasteiger partial charge in [0.05, 0.1) is 23.6 Å². The van der Waals surface area contributed by atoms with Gasteiger partial charge in [0.25, 0.3) is 0 Å². The highest BCUT2D eigenvalue weighted by atomic mass is 19.1. The van der Waals surface area contributed by atoms with E-state index < -0.39 is 0 Å². The predicted octanol–water partition coefficient (Wildman–Crippen LogP) is 4.28. The van der Waals surface area contributed by atoms with E-state index >= 15 is 0 Å². The van der Waals surface area contributed by atoms with Gasteiger partial charge in [0, 0.05) is 35.0 Å². The zero-order valence-corrected chi connectivity index (χ0v) is 15.5. The first-order valence-corrected chi connectivity index (χ1v) is 9.11. The maximum absolute atomic E-state index is 13.7. The van der Waals surface area contributed by atoms with Crippen molar-refractivity contribution in [1.29, 1.82) is 0 Å². The summed E-state index contributed by atoms with van der Waals surface area (Å²) in [5, 5.41) is 4.23. The van der Waals surface area contributed by atoms with Crippen LogP contribution in [-0.4, -0.2) is 29.9 Å². The van der Waals surface area contributed by atoms with Gasteiger partial charge in [-0.2, -0.15) is 0 Å². The van der Waals surface area contributed by atoms with Gasteiger partial charge in [0.15, 0.2) is 11.5 Å². The molecular weight excluding hydrogens is 369 g/mol. The quantitative estimate of drug-likeness (QED) is 0.480. The van der Waals surface area contributed by atoms with Crippen LogP contribution in [0.5, 0.6) is 0 Å². The van der Waals surface area contributed by atoms with E-state index in [-0.39, 0.29) is 11.9 Å². The summed E-state index contributed by atoms with van der Waals surface area (Å²) in [6.07, 6.45) is 6.56. The molecule has 7 nitrogen and oxygen atoms in total. The number of nitrogens with zero attached hydrogens (tertiary/aromatic N) is 5. The largest absolute Gasteiger partial charge is 0.362 e. The Morgan fingerprint density at radius 3 is 2.83 bits per heavy atom. The Balaban J connectivity index is 1.66. The average molecular weight is 385 g/mol. The maximum Gasteiger partial charge on any atom is 0.162 e. The number of H-pyrrole nitrogens is 1. The number of fused-ring (bicyclic) bond motifs is 2. The van der Waals surface area contributed by atoms with Gasteiger partial charge in [-0.25, -0.2) is 19.3 Å². The van der Waals surface area contributed by atoms with Crippen molar-refractivity contribution < 1.29 is 4.39 Å². The van der Waals surface area contributed by atoms with E-state index in [4.69, 9.17) is 0 Å². The van der Waals surface area contributed by atoms with Crippen molar-refractivity contribution in [3.05, 3.63) is 72.8 Å². The zero-order chi connectivity index (χ0) is 19.8. The number of pyridine rings is 2. The van der Waals surface area contributed by atoms with E-state index in [0.717, 1.165) is 22.2 Å². The number of aromatic nitrogens is 6. The highest BCUT2D eigenvalue weighted by molar-refractivity contribution is 5.95. The van der Waals surface area contributed by atoms with Crippen molar-refractivity contribution in [2.24, 2.45) is 0 Å². The molecule has 0 amide bonds. The van der Waals surface area contributed by atoms with Crippen molar-refractivity contribution in [1.82, 2.24) is 29.9 Å². The number of benzene rings is 1. The average Bonchev–Trinajstić information content (AvgIpc) is 3.23. The molecule has 142 valence electrons. The molecule has 0 saturated heterocycles. The molecule has 0 radical (unpaired) electrons. The molecule has 2 N–H and O–H groups in total. The van der Waals surface area contributed by atoms with Crippen LogP contribution >= 0.6 is 0 Å². The van der Waals surface area contributed by atoms with Crippen LogP contribution in [0, 0.1) is 5.82 Å². The molecule has 4 aromatic heterocycles. The minimum atomic E-state index is -0.321. The fourth-order valence-electron chi connectivity index (χ4n) is 3.46. The fraction of sp³-hybridized carbons (Fsp3) is 0.0952. The highest BCUT2D eigenvalue weighted by Crippen LogP contribution is 2.34. The molecular formula is C21H16FN7. The van der Waals surface area contributed by atoms with E-state index in [1.165, 1.54) is 18.5 Å². The third-order valence-corrected chi connectivity index (χ3v) is 4.82. The number of rotatable bonds is 4. The summed E-state index contributed by atoms with van der Waals surface area (Å²) in [5.41, 5.74) is 4.52. The van der Waals surface area contributed by atoms with Gasteiger partial charge in [0.1, 0.15) is 17.7 Å². The number of hydrogen-bond acceptors (Lipinski definition) is 6. The molecule has 29 heavy (non-hydrogen) atoms. The molecule has 0 spiro atoms. The molecule has 1 atom stereocenters. The summed E-state index contributed by atoms with van der Waals surface area (Å²) in [4.78, 5) is 24.8. The molecule has 0 fully saturated rings. The first kappa shape index (κ1) is 17.2. The first-order valence-electron chi connectivity index (χ1n) is 9.11. The normalized spacial score (nSPS) is 12.3. The summed E-state index contributed by atoms with van der Waals surface area (Å²) in [6.45, 7) is 2.01. The predicted molar refractivity (Wildman–Crippen MR) is 109 cm³/mol. The standard InChI is InChI=1S/C21H16FN7/c1-12(29-21-19-20(26-10-25-19)27-11-28-21)15-9-24-17-8-13(22)5-6-14(17)18(15)16-4-2-3-7-23-16/h2-12H,1H3,(H2,25,26,27,28,29). The van der Waals surface area contributed by atoms with E-state index in [1.807, 2.05) is 25.1 Å². The lowest BCUT2D eigenvalue weighted by atomic mass is 9.96. The number of hydrogen-bond donors (Lipinski definition) is 2. The van der Waals surface area contributed by atoms with Crippen LogP contribution < -0.4 is 5.32 Å². The zero-order valence-electron chi connectivity index (χ0n) is 15.5. The van der Waals surface area contributed by atoms with Crippen molar-refractivity contribution in [3.8, 4) is 11.3 Å². The highest BCUT2D eigenvalue weighted by Gasteiger charge is 2.19. The number of halogens is 1. The Labute approximate surface area is 165 Å². The molecule has 8 heteroatoms. The smallest absolute Gasteiger partial charge is 0.162 e. The summed E-state index contributed by atoms with van der Waals surface area (Å²) < 4.78 is 13.7. The van der Waals surface area contributed by atoms with Crippen LogP contribution in [0.25, 0.3) is 33.3 Å². The molecule has 0 aliphatic heterocycles. The molecule has 0 saturated carbocycles. The number of nitrogens with one attached hydrogen (secondary N) is 2. The second-order valence-electron chi connectivity index (χ2n) is 6.65. The maximum atomic E-state index is 13.7. The lowest BCUT2D eigenvalue weighted by Crippen LogP contribution is -2.11. The summed E-state index contributed by atoms with van der Waals surface area (Å²) in [7, 11) is 0. The van der Waals surface area contributed by atoms with E-state index in [2.05, 4.69) is 35.2 Å². The molecule has 1 unspecified atom stereocenters. The monoisotopic (exact) mass is 385 g/mol. The molecule has 5 rings (SSSR count). The van der Waals surface area contributed by atoms with Gasteiger partial charge < -0.3 is 10.3 Å². The van der Waals surface area contributed by atoms with Crippen molar-refractivity contribution in [2.75, 3.05) is 5.32 Å².